The van der Waals surface area contributed by atoms with E-state index in [1.165, 1.54) is 18.2 Å². The molecule has 0 saturated heterocycles. The lowest BCUT2D eigenvalue weighted by atomic mass is 9.90. The van der Waals surface area contributed by atoms with Crippen molar-refractivity contribution in [3.05, 3.63) is 87.9 Å². The minimum Gasteiger partial charge on any atom is -0.290 e. The number of nitrogens with zero attached hydrogens (tertiary/aromatic N) is 2. The Labute approximate surface area is 185 Å². The molecule has 0 aromatic heterocycles. The molecule has 0 saturated carbocycles. The number of hydrogen-bond acceptors (Lipinski definition) is 3. The number of carbonyl (C=O) groups excluding carboxylic acids is 1. The molecule has 0 N–H and O–H groups in total. The molecule has 30 heavy (non-hydrogen) atoms. The summed E-state index contributed by atoms with van der Waals surface area (Å²) >= 11 is 3.30. The van der Waals surface area contributed by atoms with Crippen LogP contribution in [0, 0.1) is 5.92 Å². The fourth-order valence-corrected chi connectivity index (χ4v) is 4.09. The number of hydrogen-bond donors (Lipinski definition) is 0. The Hall–Kier alpha value is -2.64. The Balaban J connectivity index is 2.16. The summed E-state index contributed by atoms with van der Waals surface area (Å²) in [4.78, 5) is 16.9. The predicted octanol–water partition coefficient (Wildman–Crippen LogP) is 5.14. The van der Waals surface area contributed by atoms with E-state index in [1.54, 1.807) is 49.4 Å². The highest BCUT2D eigenvalue weighted by molar-refractivity contribution is 9.10. The van der Waals surface area contributed by atoms with Gasteiger partial charge in [-0.2, -0.15) is 8.42 Å². The maximum atomic E-state index is 12.9. The van der Waals surface area contributed by atoms with Crippen LogP contribution in [0.25, 0.3) is 0 Å². The number of ketones is 1. The number of sulfonamides is 1. The van der Waals surface area contributed by atoms with Crippen molar-refractivity contribution in [2.24, 2.45) is 15.3 Å². The van der Waals surface area contributed by atoms with Crippen molar-refractivity contribution in [2.75, 3.05) is 0 Å². The van der Waals surface area contributed by atoms with Gasteiger partial charge in [0.15, 0.2) is 11.6 Å². The molecule has 0 aliphatic heterocycles. The molecule has 154 valence electrons. The molecule has 3 rings (SSSR count). The van der Waals surface area contributed by atoms with Crippen LogP contribution in [0.1, 0.15) is 26.3 Å². The van der Waals surface area contributed by atoms with Crippen molar-refractivity contribution in [2.45, 2.75) is 25.7 Å². The van der Waals surface area contributed by atoms with Gasteiger partial charge in [-0.25, -0.2) is 4.99 Å². The van der Waals surface area contributed by atoms with E-state index in [1.807, 2.05) is 19.9 Å². The number of amidine groups is 1. The van der Waals surface area contributed by atoms with Crippen molar-refractivity contribution in [3.63, 3.8) is 0 Å². The highest BCUT2D eigenvalue weighted by Gasteiger charge is 2.21. The lowest BCUT2D eigenvalue weighted by Gasteiger charge is -2.15. The lowest BCUT2D eigenvalue weighted by molar-refractivity contribution is -0.111. The second-order valence-corrected chi connectivity index (χ2v) is 9.67. The molecule has 0 bridgehead atoms. The smallest absolute Gasteiger partial charge is 0.284 e. The van der Waals surface area contributed by atoms with Gasteiger partial charge in [-0.1, -0.05) is 60.1 Å². The van der Waals surface area contributed by atoms with Crippen LogP contribution < -0.4 is 0 Å². The van der Waals surface area contributed by atoms with Gasteiger partial charge in [0.2, 0.25) is 0 Å². The maximum absolute atomic E-state index is 12.9. The third-order valence-corrected chi connectivity index (χ3v) is 6.34. The number of halogens is 1. The highest BCUT2D eigenvalue weighted by atomic mass is 79.9. The second kappa shape index (κ2) is 9.02. The first-order chi connectivity index (χ1) is 14.2. The molecule has 2 aromatic carbocycles. The average molecular weight is 485 g/mol. The van der Waals surface area contributed by atoms with Crippen molar-refractivity contribution < 1.29 is 13.2 Å². The Morgan fingerprint density at radius 3 is 2.20 bits per heavy atom. The highest BCUT2D eigenvalue weighted by Crippen LogP contribution is 2.21. The summed E-state index contributed by atoms with van der Waals surface area (Å²) in [6, 6.07) is 15.2. The second-order valence-electron chi connectivity index (χ2n) is 7.15. The van der Waals surface area contributed by atoms with Crippen LogP contribution in [0.3, 0.4) is 0 Å². The standard InChI is InChI=1S/C23H21BrN2O3S/c1-15(2)20-14-21(16(3)13-22(20)27)25-23(17-7-5-4-6-8-17)26-30(28,29)19-11-9-18(24)10-12-19/h4-15H,1-3H3/b25-21?,26-23-. The van der Waals surface area contributed by atoms with Crippen molar-refractivity contribution in [1.29, 1.82) is 0 Å². The third kappa shape index (κ3) is 5.09. The largest absolute Gasteiger partial charge is 0.290 e. The van der Waals surface area contributed by atoms with E-state index in [0.29, 0.717) is 22.4 Å². The molecule has 1 aliphatic carbocycles. The molecule has 0 spiro atoms. The Morgan fingerprint density at radius 1 is 0.967 bits per heavy atom. The average Bonchev–Trinajstić information content (AvgIpc) is 2.70. The molecule has 0 heterocycles. The number of rotatable bonds is 4. The van der Waals surface area contributed by atoms with Gasteiger partial charge in [0, 0.05) is 15.6 Å². The molecule has 0 unspecified atom stereocenters. The number of carbonyl (C=O) groups is 1. The fourth-order valence-electron chi connectivity index (χ4n) is 2.87. The molecule has 1 aliphatic rings. The summed E-state index contributed by atoms with van der Waals surface area (Å²) in [5.41, 5.74) is 2.37. The molecule has 0 radical (unpaired) electrons. The van der Waals surface area contributed by atoms with Crippen LogP contribution in [-0.4, -0.2) is 25.7 Å². The SMILES string of the molecule is CC1=CC(=O)C(C(C)C)=CC1=N/C(=N\S(=O)(=O)c1ccc(Br)cc1)c1ccccc1. The quantitative estimate of drug-likeness (QED) is 0.342. The molecule has 7 heteroatoms. The van der Waals surface area contributed by atoms with Crippen molar-refractivity contribution in [3.8, 4) is 0 Å². The zero-order valence-electron chi connectivity index (χ0n) is 16.8. The first-order valence-corrected chi connectivity index (χ1v) is 11.6. The molecule has 2 aromatic rings. The van der Waals surface area contributed by atoms with Gasteiger partial charge in [-0.05, 0) is 54.8 Å². The number of allylic oxidation sites excluding steroid dienone is 4. The number of benzene rings is 2. The zero-order chi connectivity index (χ0) is 21.9. The van der Waals surface area contributed by atoms with E-state index < -0.39 is 10.0 Å². The van der Waals surface area contributed by atoms with Gasteiger partial charge in [-0.3, -0.25) is 4.79 Å². The first-order valence-electron chi connectivity index (χ1n) is 9.36. The van der Waals surface area contributed by atoms with Crippen LogP contribution in [-0.2, 0) is 14.8 Å². The summed E-state index contributed by atoms with van der Waals surface area (Å²) in [5, 5.41) is 0. The van der Waals surface area contributed by atoms with E-state index in [-0.39, 0.29) is 22.4 Å². The van der Waals surface area contributed by atoms with Gasteiger partial charge in [0.25, 0.3) is 10.0 Å². The van der Waals surface area contributed by atoms with Crippen LogP contribution in [0.2, 0.25) is 0 Å². The van der Waals surface area contributed by atoms with Gasteiger partial charge < -0.3 is 0 Å². The van der Waals surface area contributed by atoms with Crippen LogP contribution in [0.15, 0.2) is 96.7 Å². The fraction of sp³-hybridized carbons (Fsp3) is 0.174. The minimum atomic E-state index is -3.98. The summed E-state index contributed by atoms with van der Waals surface area (Å²) in [7, 11) is -3.98. The summed E-state index contributed by atoms with van der Waals surface area (Å²) in [6.45, 7) is 5.64. The van der Waals surface area contributed by atoms with Gasteiger partial charge in [0.05, 0.1) is 10.6 Å². The van der Waals surface area contributed by atoms with Crippen molar-refractivity contribution >= 4 is 43.3 Å². The normalized spacial score (nSPS) is 16.6. The third-order valence-electron chi connectivity index (χ3n) is 4.53. The van der Waals surface area contributed by atoms with E-state index >= 15 is 0 Å². The first kappa shape index (κ1) is 22.1. The predicted molar refractivity (Wildman–Crippen MR) is 123 cm³/mol. The summed E-state index contributed by atoms with van der Waals surface area (Å²) in [6.07, 6.45) is 3.24. The van der Waals surface area contributed by atoms with E-state index in [4.69, 9.17) is 0 Å². The molecular formula is C23H21BrN2O3S. The Bertz CT molecular complexity index is 1190. The molecule has 0 fully saturated rings. The lowest BCUT2D eigenvalue weighted by Crippen LogP contribution is -2.17. The van der Waals surface area contributed by atoms with Gasteiger partial charge in [0.1, 0.15) is 0 Å². The van der Waals surface area contributed by atoms with E-state index in [0.717, 1.165) is 4.47 Å². The molecule has 0 amide bonds. The monoisotopic (exact) mass is 484 g/mol. The van der Waals surface area contributed by atoms with Crippen LogP contribution >= 0.6 is 15.9 Å². The Kier molecular flexibility index (Phi) is 6.63. The Morgan fingerprint density at radius 2 is 1.60 bits per heavy atom. The topological polar surface area (TPSA) is 75.9 Å². The van der Waals surface area contributed by atoms with Crippen molar-refractivity contribution in [1.82, 2.24) is 0 Å². The van der Waals surface area contributed by atoms with Crippen LogP contribution in [0.4, 0.5) is 0 Å². The summed E-state index contributed by atoms with van der Waals surface area (Å²) in [5.74, 6) is 0.0350. The van der Waals surface area contributed by atoms with Crippen LogP contribution in [0.5, 0.6) is 0 Å². The summed E-state index contributed by atoms with van der Waals surface area (Å²) < 4.78 is 30.6. The van der Waals surface area contributed by atoms with Gasteiger partial charge in [-0.15, -0.1) is 4.40 Å². The molecular weight excluding hydrogens is 464 g/mol. The van der Waals surface area contributed by atoms with Gasteiger partial charge >= 0.3 is 0 Å². The van der Waals surface area contributed by atoms with E-state index in [2.05, 4.69) is 25.3 Å². The molecule has 5 nitrogen and oxygen atoms in total. The van der Waals surface area contributed by atoms with E-state index in [9.17, 15) is 13.2 Å². The molecule has 0 atom stereocenters. The zero-order valence-corrected chi connectivity index (χ0v) is 19.2. The minimum absolute atomic E-state index is 0.0238. The maximum Gasteiger partial charge on any atom is 0.284 e. The number of aliphatic imine (C=N–C) groups is 1.